The third-order valence-corrected chi connectivity index (χ3v) is 15.3. The maximum atomic E-state index is 14.1. The Balaban J connectivity index is 1.55. The van der Waals surface area contributed by atoms with Crippen LogP contribution in [-0.2, 0) is 26.5 Å². The van der Waals surface area contributed by atoms with Crippen LogP contribution in [0.1, 0.15) is 180 Å². The Labute approximate surface area is 404 Å². The third kappa shape index (κ3) is 18.7. The zero-order valence-corrected chi connectivity index (χ0v) is 42.6. The Morgan fingerprint density at radius 1 is 0.403 bits per heavy atom. The summed E-state index contributed by atoms with van der Waals surface area (Å²) in [5, 5.41) is 0. The zero-order valence-electron chi connectivity index (χ0n) is 41.0. The summed E-state index contributed by atoms with van der Waals surface area (Å²) in [5.41, 5.74) is 3.24. The maximum Gasteiger partial charge on any atom is 0.336 e. The fraction of sp³-hybridized carbons (Fsp3) is 0.527. The monoisotopic (exact) mass is 957 g/mol. The van der Waals surface area contributed by atoms with Crippen molar-refractivity contribution < 1.29 is 26.4 Å². The molecule has 0 aromatic heterocycles. The first-order valence-electron chi connectivity index (χ1n) is 25.4. The molecule has 2 unspecified atom stereocenters. The van der Waals surface area contributed by atoms with E-state index < -0.39 is 32.1 Å². The van der Waals surface area contributed by atoms with Gasteiger partial charge >= 0.3 is 12.1 Å². The van der Waals surface area contributed by atoms with E-state index in [2.05, 4.69) is 37.1 Å². The first kappa shape index (κ1) is 54.9. The topological polar surface area (TPSA) is 133 Å². The fourth-order valence-corrected chi connectivity index (χ4v) is 10.8. The summed E-state index contributed by atoms with van der Waals surface area (Å²) in [4.78, 5) is 31.6. The van der Waals surface area contributed by atoms with E-state index in [4.69, 9.17) is 0 Å². The molecule has 0 aliphatic carbocycles. The quantitative estimate of drug-likeness (QED) is 0.0468. The summed E-state index contributed by atoms with van der Waals surface area (Å²) in [6, 6.07) is 29.7. The smallest absolute Gasteiger partial charge is 0.291 e. The molecule has 0 aliphatic rings. The molecular weight excluding hydrogens is 877 g/mol. The van der Waals surface area contributed by atoms with Crippen LogP contribution < -0.4 is 19.2 Å². The molecule has 0 saturated carbocycles. The number of hydrogen-bond acceptors (Lipinski definition) is 6. The molecule has 4 amide bonds. The molecule has 4 aromatic rings. The number of amides is 4. The average molecular weight is 957 g/mol. The molecule has 0 radical (unpaired) electrons. The molecule has 0 aliphatic heterocycles. The maximum absolute atomic E-state index is 14.1. The van der Waals surface area contributed by atoms with Crippen LogP contribution in [0.25, 0.3) is 0 Å². The van der Waals surface area contributed by atoms with Crippen LogP contribution in [0, 0.1) is 0 Å². The number of urea groups is 2. The number of rotatable bonds is 32. The molecule has 0 bridgehead atoms. The van der Waals surface area contributed by atoms with Crippen LogP contribution in [0.15, 0.2) is 119 Å². The van der Waals surface area contributed by atoms with Crippen molar-refractivity contribution in [1.29, 1.82) is 0 Å². The largest absolute Gasteiger partial charge is 0.336 e. The average Bonchev–Trinajstić information content (AvgIpc) is 3.32. The van der Waals surface area contributed by atoms with Gasteiger partial charge in [-0.1, -0.05) is 204 Å². The molecule has 10 nitrogen and oxygen atoms in total. The minimum atomic E-state index is -4.11. The third-order valence-electron chi connectivity index (χ3n) is 12.6. The highest BCUT2D eigenvalue weighted by molar-refractivity contribution is 7.90. The second-order valence-electron chi connectivity index (χ2n) is 18.1. The Morgan fingerprint density at radius 2 is 0.716 bits per heavy atom. The molecule has 0 heterocycles. The first-order chi connectivity index (χ1) is 32.4. The van der Waals surface area contributed by atoms with Gasteiger partial charge in [0, 0.05) is 23.5 Å². The predicted octanol–water partition coefficient (Wildman–Crippen LogP) is 14.5. The van der Waals surface area contributed by atoms with Crippen molar-refractivity contribution in [2.24, 2.45) is 0 Å². The van der Waals surface area contributed by atoms with E-state index in [0.29, 0.717) is 17.8 Å². The SMILES string of the molecule is CCCCCCCCCCC(CCC)N(C(=O)NS(=O)(=O)c1ccccc1)c1ccc(Cc2ccc(N(C(=O)NS(=O)(=O)c3ccccc3)C(CCC)CCCCCCCCCC)cc2)cc1. The van der Waals surface area contributed by atoms with Gasteiger partial charge in [-0.3, -0.25) is 9.80 Å². The first-order valence-corrected chi connectivity index (χ1v) is 28.4. The molecule has 4 aromatic carbocycles. The van der Waals surface area contributed by atoms with Crippen molar-refractivity contribution in [3.63, 3.8) is 0 Å². The second kappa shape index (κ2) is 29.9. The van der Waals surface area contributed by atoms with Crippen molar-refractivity contribution in [1.82, 2.24) is 9.44 Å². The molecule has 12 heteroatoms. The van der Waals surface area contributed by atoms with Crippen molar-refractivity contribution in [2.45, 2.75) is 197 Å². The van der Waals surface area contributed by atoms with Crippen LogP contribution in [0.4, 0.5) is 21.0 Å². The zero-order chi connectivity index (χ0) is 48.3. The second-order valence-corrected chi connectivity index (χ2v) is 21.5. The van der Waals surface area contributed by atoms with Gasteiger partial charge in [0.15, 0.2) is 0 Å². The summed E-state index contributed by atoms with van der Waals surface area (Å²) < 4.78 is 58.4. The summed E-state index contributed by atoms with van der Waals surface area (Å²) in [6.45, 7) is 8.62. The van der Waals surface area contributed by atoms with Gasteiger partial charge < -0.3 is 0 Å². The number of anilines is 2. The fourth-order valence-electron chi connectivity index (χ4n) is 8.92. The van der Waals surface area contributed by atoms with E-state index in [0.717, 1.165) is 88.2 Å². The lowest BCUT2D eigenvalue weighted by Crippen LogP contribution is -2.48. The number of carbonyl (C=O) groups excluding carboxylic acids is 2. The van der Waals surface area contributed by atoms with E-state index in [1.807, 2.05) is 48.5 Å². The van der Waals surface area contributed by atoms with E-state index in [1.165, 1.54) is 88.5 Å². The van der Waals surface area contributed by atoms with Crippen LogP contribution in [0.3, 0.4) is 0 Å². The van der Waals surface area contributed by atoms with Gasteiger partial charge in [0.05, 0.1) is 9.79 Å². The molecule has 2 atom stereocenters. The molecule has 67 heavy (non-hydrogen) atoms. The van der Waals surface area contributed by atoms with Gasteiger partial charge in [0.1, 0.15) is 0 Å². The number of carbonyl (C=O) groups is 2. The van der Waals surface area contributed by atoms with Gasteiger partial charge in [-0.25, -0.2) is 35.9 Å². The normalized spacial score (nSPS) is 12.6. The van der Waals surface area contributed by atoms with Gasteiger partial charge in [0.2, 0.25) is 0 Å². The highest BCUT2D eigenvalue weighted by Gasteiger charge is 2.30. The van der Waals surface area contributed by atoms with Crippen LogP contribution in [0.2, 0.25) is 0 Å². The van der Waals surface area contributed by atoms with E-state index in [-0.39, 0.29) is 21.9 Å². The predicted molar refractivity (Wildman–Crippen MR) is 277 cm³/mol. The minimum Gasteiger partial charge on any atom is -0.291 e. The number of hydrogen-bond donors (Lipinski definition) is 2. The number of unbranched alkanes of at least 4 members (excludes halogenated alkanes) is 14. The lowest BCUT2D eigenvalue weighted by Gasteiger charge is -2.32. The van der Waals surface area contributed by atoms with Crippen molar-refractivity contribution in [3.05, 3.63) is 120 Å². The number of nitrogens with one attached hydrogen (secondary N) is 2. The number of sulfonamides is 2. The highest BCUT2D eigenvalue weighted by Crippen LogP contribution is 2.29. The van der Waals surface area contributed by atoms with Crippen molar-refractivity contribution in [3.8, 4) is 0 Å². The summed E-state index contributed by atoms with van der Waals surface area (Å²) >= 11 is 0. The van der Waals surface area contributed by atoms with Crippen LogP contribution in [0.5, 0.6) is 0 Å². The number of nitrogens with zero attached hydrogens (tertiary/aromatic N) is 2. The van der Waals surface area contributed by atoms with Crippen LogP contribution >= 0.6 is 0 Å². The molecule has 0 saturated heterocycles. The van der Waals surface area contributed by atoms with E-state index in [1.54, 1.807) is 46.2 Å². The molecule has 4 rings (SSSR count). The molecule has 0 fully saturated rings. The number of benzene rings is 4. The van der Waals surface area contributed by atoms with Gasteiger partial charge in [-0.15, -0.1) is 0 Å². The summed E-state index contributed by atoms with van der Waals surface area (Å²) in [6.07, 6.45) is 23.9. The molecular formula is C55H80N4O6S2. The van der Waals surface area contributed by atoms with E-state index in [9.17, 15) is 26.4 Å². The highest BCUT2D eigenvalue weighted by atomic mass is 32.2. The standard InChI is InChI=1S/C55H80N4O6S2/c1-5-9-11-13-15-17-19-23-31-48(29-7-3)58(54(60)56-66(62,63)52-33-25-21-26-34-52)50-41-37-46(38-42-50)45-47-39-43-51(44-40-47)59(55(61)57-67(64,65)53-35-27-22-28-36-53)49(30-8-4)32-24-20-18-16-14-12-10-6-2/h21-22,25-28,33-44,48-49H,5-20,23-24,29-32,45H2,1-4H3,(H,56,60)(H,57,61). The Hall–Kier alpha value is -4.68. The van der Waals surface area contributed by atoms with Gasteiger partial charge in [-0.2, -0.15) is 0 Å². The Kier molecular flexibility index (Phi) is 24.5. The van der Waals surface area contributed by atoms with Crippen molar-refractivity contribution in [2.75, 3.05) is 9.80 Å². The lowest BCUT2D eigenvalue weighted by molar-refractivity contribution is 0.246. The van der Waals surface area contributed by atoms with Crippen molar-refractivity contribution >= 4 is 43.5 Å². The van der Waals surface area contributed by atoms with E-state index >= 15 is 0 Å². The van der Waals surface area contributed by atoms with Gasteiger partial charge in [-0.05, 0) is 91.8 Å². The molecule has 2 N–H and O–H groups in total. The Morgan fingerprint density at radius 3 is 1.03 bits per heavy atom. The van der Waals surface area contributed by atoms with Crippen LogP contribution in [-0.4, -0.2) is 41.0 Å². The minimum absolute atomic E-state index is 0.0325. The molecule has 368 valence electrons. The Bertz CT molecular complexity index is 2060. The molecule has 0 spiro atoms. The lowest BCUT2D eigenvalue weighted by atomic mass is 9.99. The van der Waals surface area contributed by atoms with Gasteiger partial charge in [0.25, 0.3) is 20.0 Å². The summed E-state index contributed by atoms with van der Waals surface area (Å²) in [7, 11) is -8.21. The summed E-state index contributed by atoms with van der Waals surface area (Å²) in [5.74, 6) is 0.